The first kappa shape index (κ1) is 12.7. The van der Waals surface area contributed by atoms with Crippen molar-refractivity contribution in [3.63, 3.8) is 0 Å². The van der Waals surface area contributed by atoms with Crippen LogP contribution in [0.25, 0.3) is 0 Å². The predicted molar refractivity (Wildman–Crippen MR) is 74.3 cm³/mol. The van der Waals surface area contributed by atoms with Crippen LogP contribution in [-0.2, 0) is 5.41 Å². The monoisotopic (exact) mass is 238 g/mol. The molecule has 0 atom stereocenters. The van der Waals surface area contributed by atoms with Crippen LogP contribution in [0.4, 0.5) is 0 Å². The summed E-state index contributed by atoms with van der Waals surface area (Å²) >= 11 is 0. The van der Waals surface area contributed by atoms with E-state index in [0.29, 0.717) is 5.41 Å². The molecular weight excluding hydrogens is 220 g/mol. The normalized spacial score (nSPS) is 14.6. The molecule has 0 aliphatic carbocycles. The Labute approximate surface area is 101 Å². The summed E-state index contributed by atoms with van der Waals surface area (Å²) in [5, 5.41) is 2.12. The van der Waals surface area contributed by atoms with Gasteiger partial charge in [0, 0.05) is 5.75 Å². The van der Waals surface area contributed by atoms with Crippen molar-refractivity contribution in [2.75, 3.05) is 5.75 Å². The Morgan fingerprint density at radius 1 is 1.07 bits per heavy atom. The Morgan fingerprint density at radius 3 is 2.00 bits per heavy atom. The summed E-state index contributed by atoms with van der Waals surface area (Å²) in [7, 11) is 3.69. The van der Waals surface area contributed by atoms with Gasteiger partial charge in [-0.05, 0) is 16.4 Å². The van der Waals surface area contributed by atoms with E-state index in [-0.39, 0.29) is 0 Å². The molecule has 15 heavy (non-hydrogen) atoms. The summed E-state index contributed by atoms with van der Waals surface area (Å²) in [5.74, 6) is 1.20. The highest BCUT2D eigenvalue weighted by molar-refractivity contribution is 8.78. The minimum absolute atomic E-state index is 0.293. The lowest BCUT2D eigenvalue weighted by Gasteiger charge is -2.18. The van der Waals surface area contributed by atoms with E-state index in [4.69, 9.17) is 0 Å². The van der Waals surface area contributed by atoms with Crippen LogP contribution in [0.15, 0.2) is 41.8 Å². The molecule has 82 valence electrons. The maximum Gasteiger partial charge on any atom is 0.0229 e. The van der Waals surface area contributed by atoms with Gasteiger partial charge < -0.3 is 0 Å². The fraction of sp³-hybridized carbons (Fsp3) is 0.385. The zero-order valence-electron chi connectivity index (χ0n) is 9.57. The van der Waals surface area contributed by atoms with E-state index in [1.165, 1.54) is 11.3 Å². The zero-order chi connectivity index (χ0) is 11.1. The highest BCUT2D eigenvalue weighted by Gasteiger charge is 2.11. The molecular formula is C13H18S2. The molecule has 0 bridgehead atoms. The molecule has 0 aromatic heterocycles. The van der Waals surface area contributed by atoms with Crippen LogP contribution in [0.3, 0.4) is 0 Å². The van der Waals surface area contributed by atoms with E-state index in [1.54, 1.807) is 0 Å². The number of benzene rings is 1. The summed E-state index contributed by atoms with van der Waals surface area (Å²) in [6.45, 7) is 6.67. The van der Waals surface area contributed by atoms with Gasteiger partial charge in [0.2, 0.25) is 0 Å². The van der Waals surface area contributed by atoms with Gasteiger partial charge >= 0.3 is 0 Å². The van der Waals surface area contributed by atoms with E-state index in [1.807, 2.05) is 21.6 Å². The van der Waals surface area contributed by atoms with Crippen molar-refractivity contribution >= 4 is 21.6 Å². The molecule has 0 N–H and O–H groups in total. The minimum atomic E-state index is 0.293. The topological polar surface area (TPSA) is 0 Å². The molecule has 1 aromatic rings. The van der Waals surface area contributed by atoms with E-state index in [2.05, 4.69) is 62.6 Å². The van der Waals surface area contributed by atoms with Crippen LogP contribution in [0.2, 0.25) is 0 Å². The van der Waals surface area contributed by atoms with Gasteiger partial charge in [0.15, 0.2) is 0 Å². The summed E-state index contributed by atoms with van der Waals surface area (Å²) in [6.07, 6.45) is 2.16. The molecule has 1 aliphatic heterocycles. The lowest BCUT2D eigenvalue weighted by atomic mass is 9.87. The van der Waals surface area contributed by atoms with E-state index < -0.39 is 0 Å². The molecule has 0 radical (unpaired) electrons. The minimum Gasteiger partial charge on any atom is -0.0854 e. The fourth-order valence-corrected chi connectivity index (χ4v) is 2.71. The molecule has 2 rings (SSSR count). The first-order valence-electron chi connectivity index (χ1n) is 5.09. The second-order valence-corrected chi connectivity index (χ2v) is 6.69. The maximum absolute atomic E-state index is 2.22. The lowest BCUT2D eigenvalue weighted by Crippen LogP contribution is -2.10. The van der Waals surface area contributed by atoms with Crippen LogP contribution in [0.1, 0.15) is 26.3 Å². The van der Waals surface area contributed by atoms with Crippen molar-refractivity contribution in [2.24, 2.45) is 0 Å². The molecule has 0 spiro atoms. The predicted octanol–water partition coefficient (Wildman–Crippen LogP) is 4.88. The van der Waals surface area contributed by atoms with Gasteiger partial charge in [0.05, 0.1) is 0 Å². The van der Waals surface area contributed by atoms with Gasteiger partial charge in [-0.2, -0.15) is 0 Å². The largest absolute Gasteiger partial charge is 0.0854 e. The van der Waals surface area contributed by atoms with E-state index in [0.717, 1.165) is 0 Å². The average Bonchev–Trinajstić information content (AvgIpc) is 2.76. The van der Waals surface area contributed by atoms with E-state index in [9.17, 15) is 0 Å². The number of rotatable bonds is 0. The molecule has 1 aliphatic rings. The Hall–Kier alpha value is -0.340. The molecule has 2 heteroatoms. The van der Waals surface area contributed by atoms with Gasteiger partial charge in [0.25, 0.3) is 0 Å². The summed E-state index contributed by atoms with van der Waals surface area (Å²) < 4.78 is 0. The lowest BCUT2D eigenvalue weighted by molar-refractivity contribution is 0.590. The van der Waals surface area contributed by atoms with Crippen LogP contribution in [0, 0.1) is 0 Å². The first-order valence-corrected chi connectivity index (χ1v) is 7.48. The summed E-state index contributed by atoms with van der Waals surface area (Å²) in [6, 6.07) is 10.6. The molecule has 0 saturated heterocycles. The number of hydrogen-bond donors (Lipinski definition) is 0. The molecule has 0 nitrogen and oxygen atoms in total. The molecule has 0 unspecified atom stereocenters. The van der Waals surface area contributed by atoms with Gasteiger partial charge in [-0.3, -0.25) is 0 Å². The molecule has 1 heterocycles. The van der Waals surface area contributed by atoms with Crippen LogP contribution < -0.4 is 0 Å². The second-order valence-electron chi connectivity index (χ2n) is 4.37. The van der Waals surface area contributed by atoms with Gasteiger partial charge in [-0.1, -0.05) is 78.8 Å². The second kappa shape index (κ2) is 6.29. The first-order chi connectivity index (χ1) is 7.11. The van der Waals surface area contributed by atoms with Crippen molar-refractivity contribution in [3.05, 3.63) is 47.4 Å². The Kier molecular flexibility index (Phi) is 5.34. The van der Waals surface area contributed by atoms with Gasteiger partial charge in [-0.25, -0.2) is 0 Å². The Bertz CT molecular complexity index is 290. The van der Waals surface area contributed by atoms with Crippen molar-refractivity contribution in [1.29, 1.82) is 0 Å². The van der Waals surface area contributed by atoms with Crippen molar-refractivity contribution in [2.45, 2.75) is 26.2 Å². The van der Waals surface area contributed by atoms with E-state index >= 15 is 0 Å². The summed E-state index contributed by atoms with van der Waals surface area (Å²) in [5.41, 5.74) is 1.69. The van der Waals surface area contributed by atoms with Crippen LogP contribution in [-0.4, -0.2) is 5.75 Å². The molecule has 0 amide bonds. The van der Waals surface area contributed by atoms with Gasteiger partial charge in [0.1, 0.15) is 0 Å². The van der Waals surface area contributed by atoms with Crippen molar-refractivity contribution < 1.29 is 0 Å². The Morgan fingerprint density at radius 2 is 1.73 bits per heavy atom. The third-order valence-corrected chi connectivity index (χ3v) is 3.94. The smallest absolute Gasteiger partial charge is 0.0229 e. The Balaban J connectivity index is 0.000000187. The average molecular weight is 238 g/mol. The van der Waals surface area contributed by atoms with Crippen LogP contribution >= 0.6 is 21.6 Å². The quantitative estimate of drug-likeness (QED) is 0.591. The third kappa shape index (κ3) is 5.33. The molecule has 1 aromatic carbocycles. The third-order valence-electron chi connectivity index (χ3n) is 2.02. The van der Waals surface area contributed by atoms with Gasteiger partial charge in [-0.15, -0.1) is 0 Å². The molecule has 0 fully saturated rings. The van der Waals surface area contributed by atoms with Crippen molar-refractivity contribution in [3.8, 4) is 0 Å². The zero-order valence-corrected chi connectivity index (χ0v) is 11.2. The highest BCUT2D eigenvalue weighted by atomic mass is 33.1. The number of hydrogen-bond acceptors (Lipinski definition) is 2. The molecule has 0 saturated carbocycles. The maximum atomic E-state index is 2.22. The fourth-order valence-electron chi connectivity index (χ4n) is 1.13. The standard InChI is InChI=1S/C10H14.C3H4S2/c1-10(2,3)9-7-5-4-6-8-9;1-2-4-5-3-1/h4-8H,1-3H3;1-2H,3H2. The SMILES string of the molecule is C1=CSSC1.CC(C)(C)c1ccccc1. The van der Waals surface area contributed by atoms with Crippen molar-refractivity contribution in [1.82, 2.24) is 0 Å². The summed E-state index contributed by atoms with van der Waals surface area (Å²) in [4.78, 5) is 0. The van der Waals surface area contributed by atoms with Crippen LogP contribution in [0.5, 0.6) is 0 Å². The highest BCUT2D eigenvalue weighted by Crippen LogP contribution is 2.27.